The van der Waals surface area contributed by atoms with Gasteiger partial charge >= 0.3 is 5.97 Å². The third-order valence-electron chi connectivity index (χ3n) is 2.43. The molecule has 76 valence electrons. The van der Waals surface area contributed by atoms with Crippen LogP contribution in [0.4, 0.5) is 0 Å². The van der Waals surface area contributed by atoms with Crippen LogP contribution in [0, 0.1) is 0 Å². The van der Waals surface area contributed by atoms with E-state index in [1.54, 1.807) is 10.9 Å². The number of nitrogens with one attached hydrogen (secondary N) is 1. The molecule has 14 heavy (non-hydrogen) atoms. The van der Waals surface area contributed by atoms with Crippen molar-refractivity contribution < 1.29 is 9.90 Å². The summed E-state index contributed by atoms with van der Waals surface area (Å²) < 4.78 is 1.64. The minimum absolute atomic E-state index is 0.0675. The summed E-state index contributed by atoms with van der Waals surface area (Å²) in [6.07, 6.45) is 3.24. The number of carboxylic acids is 1. The maximum atomic E-state index is 10.7. The average molecular weight is 216 g/mol. The molecule has 1 aromatic heterocycles. The van der Waals surface area contributed by atoms with Gasteiger partial charge < -0.3 is 10.4 Å². The van der Waals surface area contributed by atoms with Gasteiger partial charge in [-0.15, -0.1) is 0 Å². The first-order valence-corrected chi connectivity index (χ1v) is 4.63. The van der Waals surface area contributed by atoms with Crippen LogP contribution < -0.4 is 5.32 Å². The minimum Gasteiger partial charge on any atom is -0.481 e. The molecular weight excluding hydrogens is 206 g/mol. The number of carboxylic acid groups (broad SMARTS) is 1. The van der Waals surface area contributed by atoms with Gasteiger partial charge in [-0.3, -0.25) is 9.48 Å². The van der Waals surface area contributed by atoms with E-state index < -0.39 is 11.5 Å². The van der Waals surface area contributed by atoms with Crippen LogP contribution in [0.5, 0.6) is 0 Å². The van der Waals surface area contributed by atoms with Crippen molar-refractivity contribution in [2.24, 2.45) is 0 Å². The summed E-state index contributed by atoms with van der Waals surface area (Å²) in [5.41, 5.74) is -0.432. The van der Waals surface area contributed by atoms with Gasteiger partial charge in [0.1, 0.15) is 0 Å². The van der Waals surface area contributed by atoms with Gasteiger partial charge in [-0.1, -0.05) is 11.6 Å². The van der Waals surface area contributed by atoms with Crippen molar-refractivity contribution in [3.63, 3.8) is 0 Å². The van der Waals surface area contributed by atoms with Crippen molar-refractivity contribution in [3.8, 4) is 0 Å². The molecule has 2 N–H and O–H groups in total. The van der Waals surface area contributed by atoms with Gasteiger partial charge in [0.05, 0.1) is 23.2 Å². The third-order valence-corrected chi connectivity index (χ3v) is 2.62. The van der Waals surface area contributed by atoms with Crippen molar-refractivity contribution in [1.82, 2.24) is 15.1 Å². The van der Waals surface area contributed by atoms with E-state index in [1.165, 1.54) is 6.20 Å². The highest BCUT2D eigenvalue weighted by molar-refractivity contribution is 6.30. The normalized spacial score (nSPS) is 18.9. The summed E-state index contributed by atoms with van der Waals surface area (Å²) in [5, 5.41) is 16.4. The number of hydrogen-bond acceptors (Lipinski definition) is 3. The maximum Gasteiger partial charge on any atom is 0.305 e. The second kappa shape index (κ2) is 3.25. The second-order valence-electron chi connectivity index (χ2n) is 3.50. The van der Waals surface area contributed by atoms with Crippen molar-refractivity contribution in [1.29, 1.82) is 0 Å². The first-order chi connectivity index (χ1) is 6.62. The summed E-state index contributed by atoms with van der Waals surface area (Å²) in [5.74, 6) is -0.821. The molecule has 2 heterocycles. The molecule has 0 radical (unpaired) electrons. The fourth-order valence-electron chi connectivity index (χ4n) is 1.62. The van der Waals surface area contributed by atoms with E-state index in [9.17, 15) is 4.79 Å². The fourth-order valence-corrected chi connectivity index (χ4v) is 1.76. The van der Waals surface area contributed by atoms with Crippen LogP contribution in [0.1, 0.15) is 6.42 Å². The highest BCUT2D eigenvalue weighted by Gasteiger charge is 2.41. The molecule has 6 heteroatoms. The van der Waals surface area contributed by atoms with E-state index >= 15 is 0 Å². The number of aromatic nitrogens is 2. The highest BCUT2D eigenvalue weighted by Crippen LogP contribution is 2.26. The number of aliphatic carboxylic acids is 1. The van der Waals surface area contributed by atoms with Gasteiger partial charge in [0.15, 0.2) is 0 Å². The molecule has 0 amide bonds. The predicted octanol–water partition coefficient (Wildman–Crippen LogP) is 0.310. The lowest BCUT2D eigenvalue weighted by molar-refractivity contribution is -0.140. The lowest BCUT2D eigenvalue weighted by atomic mass is 9.89. The summed E-state index contributed by atoms with van der Waals surface area (Å²) in [6.45, 7) is 1.24. The van der Waals surface area contributed by atoms with Crippen LogP contribution in [0.25, 0.3) is 0 Å². The van der Waals surface area contributed by atoms with Gasteiger partial charge in [-0.05, 0) is 0 Å². The van der Waals surface area contributed by atoms with E-state index in [0.717, 1.165) is 0 Å². The Morgan fingerprint density at radius 1 is 1.79 bits per heavy atom. The molecule has 1 aliphatic heterocycles. The molecule has 0 aliphatic carbocycles. The molecule has 0 bridgehead atoms. The molecule has 1 saturated heterocycles. The predicted molar refractivity (Wildman–Crippen MR) is 50.3 cm³/mol. The fraction of sp³-hybridized carbons (Fsp3) is 0.500. The number of rotatable bonds is 3. The van der Waals surface area contributed by atoms with Crippen molar-refractivity contribution in [2.75, 3.05) is 13.1 Å². The van der Waals surface area contributed by atoms with E-state index in [4.69, 9.17) is 16.7 Å². The standard InChI is InChI=1S/C8H10ClN3O2/c9-6-2-11-12(3-6)8(1-7(13)14)4-10-5-8/h2-3,10H,1,4-5H2,(H,13,14). The Morgan fingerprint density at radius 2 is 2.50 bits per heavy atom. The first kappa shape index (κ1) is 9.48. The van der Waals surface area contributed by atoms with E-state index in [-0.39, 0.29) is 6.42 Å². The van der Waals surface area contributed by atoms with Crippen LogP contribution in [0.2, 0.25) is 5.02 Å². The van der Waals surface area contributed by atoms with E-state index in [1.807, 2.05) is 0 Å². The third kappa shape index (κ3) is 1.49. The van der Waals surface area contributed by atoms with E-state index in [0.29, 0.717) is 18.1 Å². The Kier molecular flexibility index (Phi) is 2.20. The molecule has 5 nitrogen and oxygen atoms in total. The molecule has 1 aliphatic rings. The Hall–Kier alpha value is -1.07. The molecule has 2 rings (SSSR count). The second-order valence-corrected chi connectivity index (χ2v) is 3.94. The van der Waals surface area contributed by atoms with Gasteiger partial charge in [0, 0.05) is 19.3 Å². The topological polar surface area (TPSA) is 67.1 Å². The summed E-state index contributed by atoms with van der Waals surface area (Å²) in [4.78, 5) is 10.7. The monoisotopic (exact) mass is 215 g/mol. The SMILES string of the molecule is O=C(O)CC1(n2cc(Cl)cn2)CNC1. The lowest BCUT2D eigenvalue weighted by Crippen LogP contribution is -2.61. The number of nitrogens with zero attached hydrogens (tertiary/aromatic N) is 2. The van der Waals surface area contributed by atoms with Crippen molar-refractivity contribution in [2.45, 2.75) is 12.0 Å². The number of carbonyl (C=O) groups is 1. The Labute approximate surface area is 85.7 Å². The van der Waals surface area contributed by atoms with Crippen LogP contribution in [0.3, 0.4) is 0 Å². The average Bonchev–Trinajstić information content (AvgIpc) is 2.44. The Bertz CT molecular complexity index is 359. The number of hydrogen-bond donors (Lipinski definition) is 2. The molecule has 0 unspecified atom stereocenters. The van der Waals surface area contributed by atoms with Crippen LogP contribution in [-0.4, -0.2) is 33.9 Å². The zero-order chi connectivity index (χ0) is 10.2. The van der Waals surface area contributed by atoms with Gasteiger partial charge in [-0.2, -0.15) is 5.10 Å². The van der Waals surface area contributed by atoms with Gasteiger partial charge in [-0.25, -0.2) is 0 Å². The quantitative estimate of drug-likeness (QED) is 0.762. The highest BCUT2D eigenvalue weighted by atomic mass is 35.5. The van der Waals surface area contributed by atoms with Crippen LogP contribution in [-0.2, 0) is 10.3 Å². The summed E-state index contributed by atoms with van der Waals surface area (Å²) in [6, 6.07) is 0. The summed E-state index contributed by atoms with van der Waals surface area (Å²) in [7, 11) is 0. The molecule has 0 atom stereocenters. The van der Waals surface area contributed by atoms with Gasteiger partial charge in [0.25, 0.3) is 0 Å². The molecule has 0 spiro atoms. The first-order valence-electron chi connectivity index (χ1n) is 4.26. The molecule has 1 aromatic rings. The van der Waals surface area contributed by atoms with Crippen LogP contribution >= 0.6 is 11.6 Å². The number of halogens is 1. The van der Waals surface area contributed by atoms with Crippen molar-refractivity contribution in [3.05, 3.63) is 17.4 Å². The molecule has 0 saturated carbocycles. The van der Waals surface area contributed by atoms with Crippen molar-refractivity contribution >= 4 is 17.6 Å². The van der Waals surface area contributed by atoms with Gasteiger partial charge in [0.2, 0.25) is 0 Å². The lowest BCUT2D eigenvalue weighted by Gasteiger charge is -2.41. The summed E-state index contributed by atoms with van der Waals surface area (Å²) >= 11 is 5.73. The largest absolute Gasteiger partial charge is 0.481 e. The van der Waals surface area contributed by atoms with E-state index in [2.05, 4.69) is 10.4 Å². The Balaban J connectivity index is 2.24. The zero-order valence-electron chi connectivity index (χ0n) is 7.40. The molecule has 0 aromatic carbocycles. The maximum absolute atomic E-state index is 10.7. The smallest absolute Gasteiger partial charge is 0.305 e. The molecular formula is C8H10ClN3O2. The minimum atomic E-state index is -0.821. The zero-order valence-corrected chi connectivity index (χ0v) is 8.16. The molecule has 1 fully saturated rings. The van der Waals surface area contributed by atoms with Crippen LogP contribution in [0.15, 0.2) is 12.4 Å². The Morgan fingerprint density at radius 3 is 2.86 bits per heavy atom.